The van der Waals surface area contributed by atoms with E-state index in [1.54, 1.807) is 0 Å². The molecule has 0 spiro atoms. The molecule has 0 saturated heterocycles. The highest BCUT2D eigenvalue weighted by Crippen LogP contribution is 2.16. The molecule has 0 saturated carbocycles. The normalized spacial score (nSPS) is 12.4. The number of allylic oxidation sites excluding steroid dienone is 8. The van der Waals surface area contributed by atoms with Gasteiger partial charge in [0.1, 0.15) is 13.2 Å². The lowest BCUT2D eigenvalue weighted by Gasteiger charge is -2.18. The maximum absolute atomic E-state index is 12.7. The summed E-state index contributed by atoms with van der Waals surface area (Å²) in [5.74, 6) is -0.921. The first-order chi connectivity index (χ1) is 29.0. The minimum Gasteiger partial charge on any atom is -0.462 e. The fourth-order valence-corrected chi connectivity index (χ4v) is 7.16. The highest BCUT2D eigenvalue weighted by molar-refractivity contribution is 5.71. The van der Waals surface area contributed by atoms with Crippen LogP contribution in [0, 0.1) is 0 Å². The van der Waals surface area contributed by atoms with Gasteiger partial charge in [0.2, 0.25) is 0 Å². The van der Waals surface area contributed by atoms with Crippen LogP contribution in [0.15, 0.2) is 48.6 Å². The average Bonchev–Trinajstić information content (AvgIpc) is 3.23. The largest absolute Gasteiger partial charge is 0.462 e. The van der Waals surface area contributed by atoms with Crippen molar-refractivity contribution >= 4 is 17.9 Å². The topological polar surface area (TPSA) is 78.9 Å². The average molecular weight is 827 g/mol. The van der Waals surface area contributed by atoms with Crippen molar-refractivity contribution in [3.63, 3.8) is 0 Å². The Morgan fingerprint density at radius 3 is 1.03 bits per heavy atom. The van der Waals surface area contributed by atoms with Crippen molar-refractivity contribution in [3.05, 3.63) is 48.6 Å². The number of esters is 3. The predicted molar refractivity (Wildman–Crippen MR) is 252 cm³/mol. The van der Waals surface area contributed by atoms with Gasteiger partial charge in [-0.1, -0.05) is 243 Å². The van der Waals surface area contributed by atoms with E-state index in [0.29, 0.717) is 12.8 Å². The van der Waals surface area contributed by atoms with E-state index in [0.717, 1.165) is 70.6 Å². The van der Waals surface area contributed by atoms with Crippen LogP contribution in [0.2, 0.25) is 0 Å². The highest BCUT2D eigenvalue weighted by Gasteiger charge is 2.19. The van der Waals surface area contributed by atoms with E-state index >= 15 is 0 Å². The molecule has 0 rings (SSSR count). The van der Waals surface area contributed by atoms with Crippen LogP contribution in [0.4, 0.5) is 0 Å². The van der Waals surface area contributed by atoms with E-state index in [2.05, 4.69) is 32.9 Å². The van der Waals surface area contributed by atoms with Crippen LogP contribution in [0.3, 0.4) is 0 Å². The maximum Gasteiger partial charge on any atom is 0.306 e. The van der Waals surface area contributed by atoms with Crippen LogP contribution < -0.4 is 0 Å². The summed E-state index contributed by atoms with van der Waals surface area (Å²) in [4.78, 5) is 37.8. The number of carbonyl (C=O) groups is 3. The quantitative estimate of drug-likeness (QED) is 0.0263. The number of ether oxygens (including phenoxy) is 3. The smallest absolute Gasteiger partial charge is 0.306 e. The summed E-state index contributed by atoms with van der Waals surface area (Å²) in [6.45, 7) is 6.46. The number of rotatable bonds is 45. The van der Waals surface area contributed by atoms with Crippen LogP contribution in [-0.4, -0.2) is 37.2 Å². The van der Waals surface area contributed by atoms with Gasteiger partial charge in [0.05, 0.1) is 0 Å². The number of hydrogen-bond donors (Lipinski definition) is 0. The summed E-state index contributed by atoms with van der Waals surface area (Å²) in [5, 5.41) is 0. The summed E-state index contributed by atoms with van der Waals surface area (Å²) in [6.07, 6.45) is 56.8. The summed E-state index contributed by atoms with van der Waals surface area (Å²) >= 11 is 0. The Hall–Kier alpha value is -2.63. The Labute approximate surface area is 365 Å². The summed E-state index contributed by atoms with van der Waals surface area (Å²) in [5.41, 5.74) is 0. The molecule has 0 bridgehead atoms. The van der Waals surface area contributed by atoms with E-state index in [4.69, 9.17) is 14.2 Å². The molecule has 0 aromatic heterocycles. The Bertz CT molecular complexity index is 1040. The zero-order valence-corrected chi connectivity index (χ0v) is 39.0. The highest BCUT2D eigenvalue weighted by atomic mass is 16.6. The molecule has 0 heterocycles. The second-order valence-electron chi connectivity index (χ2n) is 16.8. The van der Waals surface area contributed by atoms with E-state index in [9.17, 15) is 14.4 Å². The van der Waals surface area contributed by atoms with Gasteiger partial charge in [-0.05, 0) is 38.5 Å². The number of carbonyl (C=O) groups excluding carboxylic acids is 3. The van der Waals surface area contributed by atoms with E-state index < -0.39 is 6.10 Å². The third kappa shape index (κ3) is 46.3. The molecule has 59 heavy (non-hydrogen) atoms. The molecule has 0 fully saturated rings. The molecule has 0 aliphatic heterocycles. The molecule has 0 aliphatic rings. The van der Waals surface area contributed by atoms with Crippen molar-refractivity contribution in [1.29, 1.82) is 0 Å². The van der Waals surface area contributed by atoms with Crippen molar-refractivity contribution in [1.82, 2.24) is 0 Å². The van der Waals surface area contributed by atoms with Gasteiger partial charge in [-0.2, -0.15) is 0 Å². The second kappa shape index (κ2) is 48.0. The molecule has 1 atom stereocenters. The molecular formula is C53H94O6. The van der Waals surface area contributed by atoms with Crippen molar-refractivity contribution in [3.8, 4) is 0 Å². The Morgan fingerprint density at radius 2 is 0.661 bits per heavy atom. The van der Waals surface area contributed by atoms with Gasteiger partial charge in [0.15, 0.2) is 6.10 Å². The molecule has 0 aliphatic carbocycles. The third-order valence-electron chi connectivity index (χ3n) is 10.9. The molecule has 6 nitrogen and oxygen atoms in total. The molecule has 0 radical (unpaired) electrons. The molecule has 0 N–H and O–H groups in total. The minimum atomic E-state index is -0.787. The van der Waals surface area contributed by atoms with Gasteiger partial charge < -0.3 is 14.2 Å². The third-order valence-corrected chi connectivity index (χ3v) is 10.9. The van der Waals surface area contributed by atoms with Crippen molar-refractivity contribution in [2.75, 3.05) is 13.2 Å². The predicted octanol–water partition coefficient (Wildman–Crippen LogP) is 16.3. The number of unbranched alkanes of at least 4 members (excludes halogenated alkanes) is 29. The molecule has 0 aromatic rings. The van der Waals surface area contributed by atoms with Gasteiger partial charge in [-0.25, -0.2) is 0 Å². The maximum atomic E-state index is 12.7. The zero-order chi connectivity index (χ0) is 43.0. The molecule has 1 unspecified atom stereocenters. The van der Waals surface area contributed by atoms with Crippen molar-refractivity contribution in [2.24, 2.45) is 0 Å². The van der Waals surface area contributed by atoms with Gasteiger partial charge >= 0.3 is 17.9 Å². The fraction of sp³-hybridized carbons (Fsp3) is 0.792. The van der Waals surface area contributed by atoms with Crippen LogP contribution in [0.25, 0.3) is 0 Å². The van der Waals surface area contributed by atoms with Crippen LogP contribution in [-0.2, 0) is 28.6 Å². The summed E-state index contributed by atoms with van der Waals surface area (Å²) in [6, 6.07) is 0. The Balaban J connectivity index is 4.30. The van der Waals surface area contributed by atoms with Gasteiger partial charge in [-0.15, -0.1) is 0 Å². The van der Waals surface area contributed by atoms with Crippen molar-refractivity contribution in [2.45, 2.75) is 258 Å². The lowest BCUT2D eigenvalue weighted by molar-refractivity contribution is -0.167. The Morgan fingerprint density at radius 1 is 0.356 bits per heavy atom. The second-order valence-corrected chi connectivity index (χ2v) is 16.8. The Kier molecular flexibility index (Phi) is 45.9. The number of hydrogen-bond acceptors (Lipinski definition) is 6. The van der Waals surface area contributed by atoms with Gasteiger partial charge in [0.25, 0.3) is 0 Å². The molecular weight excluding hydrogens is 733 g/mol. The lowest BCUT2D eigenvalue weighted by Crippen LogP contribution is -2.30. The van der Waals surface area contributed by atoms with Crippen molar-refractivity contribution < 1.29 is 28.6 Å². The molecule has 0 amide bonds. The first-order valence-corrected chi connectivity index (χ1v) is 25.2. The molecule has 0 aromatic carbocycles. The van der Waals surface area contributed by atoms with Crippen LogP contribution >= 0.6 is 0 Å². The van der Waals surface area contributed by atoms with Gasteiger partial charge in [0, 0.05) is 19.3 Å². The van der Waals surface area contributed by atoms with Crippen LogP contribution in [0.5, 0.6) is 0 Å². The molecule has 342 valence electrons. The SMILES string of the molecule is CC\C=C/C=C\C=C/C=C\CCCCCC(=O)OC(COC(=O)CCCCCCCCCCC)COC(=O)CCCCCCCCCCCCCCCCCCCCC. The van der Waals surface area contributed by atoms with Gasteiger partial charge in [-0.3, -0.25) is 14.4 Å². The fourth-order valence-electron chi connectivity index (χ4n) is 7.16. The van der Waals surface area contributed by atoms with E-state index in [1.165, 1.54) is 141 Å². The van der Waals surface area contributed by atoms with E-state index in [1.807, 2.05) is 36.5 Å². The van der Waals surface area contributed by atoms with E-state index in [-0.39, 0.29) is 37.5 Å². The zero-order valence-electron chi connectivity index (χ0n) is 39.0. The van der Waals surface area contributed by atoms with Crippen LogP contribution in [0.1, 0.15) is 252 Å². The minimum absolute atomic E-state index is 0.0859. The lowest BCUT2D eigenvalue weighted by atomic mass is 10.0. The first-order valence-electron chi connectivity index (χ1n) is 25.2. The summed E-state index contributed by atoms with van der Waals surface area (Å²) in [7, 11) is 0. The molecule has 6 heteroatoms. The monoisotopic (exact) mass is 827 g/mol. The standard InChI is InChI=1S/C53H94O6/c1-4-7-10-13-16-19-21-23-24-25-26-27-28-30-31-34-37-40-43-46-52(55)58-49-50(48-57-51(54)45-42-39-36-33-18-15-12-9-6-3)59-53(56)47-44-41-38-35-32-29-22-20-17-14-11-8-5-2/h8,11,14,17,20,22,29,32,50H,4-7,9-10,12-13,15-16,18-19,21,23-28,30-31,33-49H2,1-3H3/b11-8-,17-14-,22-20-,32-29-. The summed E-state index contributed by atoms with van der Waals surface area (Å²) < 4.78 is 16.7. The first kappa shape index (κ1) is 56.4.